The fourth-order valence-corrected chi connectivity index (χ4v) is 3.19. The molecule has 2 rings (SSSR count). The predicted molar refractivity (Wildman–Crippen MR) is 77.3 cm³/mol. The van der Waals surface area contributed by atoms with Crippen molar-refractivity contribution in [3.8, 4) is 0 Å². The smallest absolute Gasteiger partial charge is 0.0314 e. The van der Waals surface area contributed by atoms with Crippen LogP contribution in [0.4, 0.5) is 0 Å². The summed E-state index contributed by atoms with van der Waals surface area (Å²) in [6.45, 7) is 2.01. The average molecular weight is 308 g/mol. The first-order valence-electron chi connectivity index (χ1n) is 5.45. The number of hydrogen-bond acceptors (Lipinski definition) is 2. The SMILES string of the molecule is C[C@H](N)c1ccccc1Sc1ccccc1Br. The Bertz CT molecular complexity index is 511. The largest absolute Gasteiger partial charge is 0.324 e. The molecule has 0 unspecified atom stereocenters. The highest BCUT2D eigenvalue weighted by Gasteiger charge is 2.08. The lowest BCUT2D eigenvalue weighted by atomic mass is 10.1. The maximum Gasteiger partial charge on any atom is 0.0314 e. The third-order valence-corrected chi connectivity index (χ3v) is 4.59. The third-order valence-electron chi connectivity index (χ3n) is 2.47. The molecule has 17 heavy (non-hydrogen) atoms. The number of hydrogen-bond donors (Lipinski definition) is 1. The van der Waals surface area contributed by atoms with E-state index < -0.39 is 0 Å². The number of halogens is 1. The van der Waals surface area contributed by atoms with Crippen molar-refractivity contribution in [1.82, 2.24) is 0 Å². The lowest BCUT2D eigenvalue weighted by Gasteiger charge is -2.12. The molecule has 0 radical (unpaired) electrons. The monoisotopic (exact) mass is 307 g/mol. The molecular weight excluding hydrogens is 294 g/mol. The van der Waals surface area contributed by atoms with E-state index in [4.69, 9.17) is 5.73 Å². The lowest BCUT2D eigenvalue weighted by Crippen LogP contribution is -2.05. The van der Waals surface area contributed by atoms with E-state index >= 15 is 0 Å². The minimum atomic E-state index is 0.0567. The molecule has 1 atom stereocenters. The van der Waals surface area contributed by atoms with Crippen molar-refractivity contribution >= 4 is 27.7 Å². The summed E-state index contributed by atoms with van der Waals surface area (Å²) in [5.41, 5.74) is 7.17. The quantitative estimate of drug-likeness (QED) is 0.895. The van der Waals surface area contributed by atoms with Gasteiger partial charge in [0.2, 0.25) is 0 Å². The summed E-state index contributed by atoms with van der Waals surface area (Å²) in [5.74, 6) is 0. The van der Waals surface area contributed by atoms with Crippen LogP contribution in [0.2, 0.25) is 0 Å². The van der Waals surface area contributed by atoms with Crippen molar-refractivity contribution in [2.45, 2.75) is 22.8 Å². The van der Waals surface area contributed by atoms with Gasteiger partial charge >= 0.3 is 0 Å². The molecule has 0 saturated carbocycles. The standard InChI is InChI=1S/C14H14BrNS/c1-10(16)11-6-2-4-8-13(11)17-14-9-5-3-7-12(14)15/h2-10H,16H2,1H3/t10-/m0/s1. The summed E-state index contributed by atoms with van der Waals surface area (Å²) in [6.07, 6.45) is 0. The molecule has 0 spiro atoms. The molecule has 0 aliphatic carbocycles. The van der Waals surface area contributed by atoms with Crippen molar-refractivity contribution in [2.75, 3.05) is 0 Å². The summed E-state index contributed by atoms with van der Waals surface area (Å²) in [5, 5.41) is 0. The van der Waals surface area contributed by atoms with E-state index in [0.717, 1.165) is 4.47 Å². The van der Waals surface area contributed by atoms with Gasteiger partial charge in [0.15, 0.2) is 0 Å². The molecule has 3 heteroatoms. The minimum absolute atomic E-state index is 0.0567. The van der Waals surface area contributed by atoms with Crippen LogP contribution in [0.5, 0.6) is 0 Å². The molecule has 0 fully saturated rings. The second kappa shape index (κ2) is 5.71. The molecule has 2 aromatic rings. The van der Waals surface area contributed by atoms with Gasteiger partial charge in [-0.3, -0.25) is 0 Å². The Labute approximate surface area is 115 Å². The second-order valence-corrected chi connectivity index (χ2v) is 5.80. The van der Waals surface area contributed by atoms with Crippen LogP contribution in [0, 0.1) is 0 Å². The Morgan fingerprint density at radius 1 is 1.00 bits per heavy atom. The predicted octanol–water partition coefficient (Wildman–Crippen LogP) is 4.62. The summed E-state index contributed by atoms with van der Waals surface area (Å²) in [7, 11) is 0. The van der Waals surface area contributed by atoms with Gasteiger partial charge in [0.1, 0.15) is 0 Å². The highest BCUT2D eigenvalue weighted by molar-refractivity contribution is 9.10. The molecule has 1 nitrogen and oxygen atoms in total. The molecule has 0 saturated heterocycles. The van der Waals surface area contributed by atoms with Gasteiger partial charge in [0, 0.05) is 20.3 Å². The first-order valence-corrected chi connectivity index (χ1v) is 7.06. The van der Waals surface area contributed by atoms with E-state index in [1.165, 1.54) is 15.4 Å². The Hall–Kier alpha value is -0.770. The van der Waals surface area contributed by atoms with E-state index in [0.29, 0.717) is 0 Å². The van der Waals surface area contributed by atoms with Crippen molar-refractivity contribution in [3.63, 3.8) is 0 Å². The van der Waals surface area contributed by atoms with Gasteiger partial charge in [0.05, 0.1) is 0 Å². The summed E-state index contributed by atoms with van der Waals surface area (Å²) in [6, 6.07) is 16.6. The first-order chi connectivity index (χ1) is 8.18. The molecule has 0 aromatic heterocycles. The Balaban J connectivity index is 2.34. The normalized spacial score (nSPS) is 12.4. The summed E-state index contributed by atoms with van der Waals surface area (Å²) in [4.78, 5) is 2.43. The van der Waals surface area contributed by atoms with Gasteiger partial charge in [-0.15, -0.1) is 0 Å². The van der Waals surface area contributed by atoms with E-state index in [9.17, 15) is 0 Å². The van der Waals surface area contributed by atoms with E-state index in [1.54, 1.807) is 11.8 Å². The molecule has 2 N–H and O–H groups in total. The highest BCUT2D eigenvalue weighted by Crippen LogP contribution is 2.36. The maximum absolute atomic E-state index is 5.98. The zero-order chi connectivity index (χ0) is 12.3. The zero-order valence-corrected chi connectivity index (χ0v) is 12.0. The Morgan fingerprint density at radius 2 is 1.59 bits per heavy atom. The topological polar surface area (TPSA) is 26.0 Å². The van der Waals surface area contributed by atoms with Crippen LogP contribution in [0.25, 0.3) is 0 Å². The van der Waals surface area contributed by atoms with Crippen LogP contribution in [0.15, 0.2) is 62.8 Å². The molecular formula is C14H14BrNS. The number of nitrogens with two attached hydrogens (primary N) is 1. The van der Waals surface area contributed by atoms with Crippen LogP contribution >= 0.6 is 27.7 Å². The van der Waals surface area contributed by atoms with Gasteiger partial charge in [0.25, 0.3) is 0 Å². The first kappa shape index (κ1) is 12.7. The van der Waals surface area contributed by atoms with E-state index in [1.807, 2.05) is 31.2 Å². The van der Waals surface area contributed by atoms with E-state index in [-0.39, 0.29) is 6.04 Å². The summed E-state index contributed by atoms with van der Waals surface area (Å²) >= 11 is 5.31. The van der Waals surface area contributed by atoms with Gasteiger partial charge < -0.3 is 5.73 Å². The van der Waals surface area contributed by atoms with Gasteiger partial charge in [-0.1, -0.05) is 42.1 Å². The summed E-state index contributed by atoms with van der Waals surface area (Å²) < 4.78 is 1.12. The Kier molecular flexibility index (Phi) is 4.26. The maximum atomic E-state index is 5.98. The van der Waals surface area contributed by atoms with Crippen molar-refractivity contribution < 1.29 is 0 Å². The van der Waals surface area contributed by atoms with Crippen LogP contribution in [-0.2, 0) is 0 Å². The number of rotatable bonds is 3. The lowest BCUT2D eigenvalue weighted by molar-refractivity contribution is 0.797. The highest BCUT2D eigenvalue weighted by atomic mass is 79.9. The second-order valence-electron chi connectivity index (χ2n) is 3.86. The number of benzene rings is 2. The molecule has 0 bridgehead atoms. The Morgan fingerprint density at radius 3 is 2.24 bits per heavy atom. The zero-order valence-electron chi connectivity index (χ0n) is 9.56. The van der Waals surface area contributed by atoms with Crippen molar-refractivity contribution in [3.05, 3.63) is 58.6 Å². The molecule has 0 aliphatic rings. The van der Waals surface area contributed by atoms with Crippen LogP contribution in [-0.4, -0.2) is 0 Å². The van der Waals surface area contributed by atoms with Gasteiger partial charge in [-0.2, -0.15) is 0 Å². The molecule has 0 heterocycles. The van der Waals surface area contributed by atoms with Crippen molar-refractivity contribution in [2.24, 2.45) is 5.73 Å². The third kappa shape index (κ3) is 3.12. The van der Waals surface area contributed by atoms with Crippen molar-refractivity contribution in [1.29, 1.82) is 0 Å². The fraction of sp³-hybridized carbons (Fsp3) is 0.143. The molecule has 0 amide bonds. The van der Waals surface area contributed by atoms with Crippen LogP contribution in [0.1, 0.15) is 18.5 Å². The fourth-order valence-electron chi connectivity index (χ4n) is 1.60. The molecule has 0 aliphatic heterocycles. The average Bonchev–Trinajstić information content (AvgIpc) is 2.32. The molecule has 2 aromatic carbocycles. The molecule has 88 valence electrons. The van der Waals surface area contributed by atoms with E-state index in [2.05, 4.69) is 40.2 Å². The van der Waals surface area contributed by atoms with Crippen LogP contribution < -0.4 is 5.73 Å². The van der Waals surface area contributed by atoms with Gasteiger partial charge in [-0.05, 0) is 46.6 Å². The minimum Gasteiger partial charge on any atom is -0.324 e. The van der Waals surface area contributed by atoms with Crippen LogP contribution in [0.3, 0.4) is 0 Å². The van der Waals surface area contributed by atoms with Gasteiger partial charge in [-0.25, -0.2) is 0 Å².